The number of carbonyl (C=O) groups excluding carboxylic acids is 1. The zero-order valence-electron chi connectivity index (χ0n) is 17.3. The Morgan fingerprint density at radius 1 is 1.30 bits per heavy atom. The van der Waals surface area contributed by atoms with Gasteiger partial charge >= 0.3 is 5.97 Å². The van der Waals surface area contributed by atoms with Crippen LogP contribution in [0.15, 0.2) is 12.4 Å². The Morgan fingerprint density at radius 2 is 2.07 bits per heavy atom. The lowest BCUT2D eigenvalue weighted by Crippen LogP contribution is -2.20. The molecule has 9 nitrogen and oxygen atoms in total. The summed E-state index contributed by atoms with van der Waals surface area (Å²) in [6.45, 7) is 4.02. The van der Waals surface area contributed by atoms with E-state index in [9.17, 15) is 9.18 Å². The molecule has 3 heterocycles. The van der Waals surface area contributed by atoms with E-state index in [1.165, 1.54) is 43.4 Å². The van der Waals surface area contributed by atoms with Crippen LogP contribution in [0.2, 0.25) is 0 Å². The van der Waals surface area contributed by atoms with Crippen molar-refractivity contribution >= 4 is 17.0 Å². The standard InChI is InChI=1S/C20H25FN6O3/c1-4-30-19(28)14-10-22-26(11-14)20-23-15-16(18(24-20)29-3)27(25-17(15)21)12(2)13-8-6-5-7-9-13/h10-13H,4-9H2,1-3H3/t12-/m1/s1. The maximum atomic E-state index is 14.8. The number of carbonyl (C=O) groups is 1. The number of halogens is 1. The van der Waals surface area contributed by atoms with Crippen molar-refractivity contribution in [1.29, 1.82) is 0 Å². The van der Waals surface area contributed by atoms with Gasteiger partial charge in [-0.05, 0) is 32.6 Å². The van der Waals surface area contributed by atoms with Gasteiger partial charge in [0, 0.05) is 6.20 Å². The molecule has 1 atom stereocenters. The number of ether oxygens (including phenoxy) is 2. The number of nitrogens with zero attached hydrogens (tertiary/aromatic N) is 6. The van der Waals surface area contributed by atoms with Gasteiger partial charge in [-0.15, -0.1) is 5.10 Å². The van der Waals surface area contributed by atoms with Crippen LogP contribution < -0.4 is 4.74 Å². The average Bonchev–Trinajstić information content (AvgIpc) is 3.39. The van der Waals surface area contributed by atoms with Crippen LogP contribution in [0.3, 0.4) is 0 Å². The van der Waals surface area contributed by atoms with Crippen molar-refractivity contribution in [3.05, 3.63) is 23.9 Å². The summed E-state index contributed by atoms with van der Waals surface area (Å²) in [5, 5.41) is 8.23. The number of methoxy groups -OCH3 is 1. The quantitative estimate of drug-likeness (QED) is 0.568. The summed E-state index contributed by atoms with van der Waals surface area (Å²) in [6, 6.07) is 0.000713. The van der Waals surface area contributed by atoms with Crippen LogP contribution in [0, 0.1) is 11.9 Å². The number of aromatic nitrogens is 6. The molecule has 0 amide bonds. The van der Waals surface area contributed by atoms with Gasteiger partial charge in [0.15, 0.2) is 11.0 Å². The minimum atomic E-state index is -0.688. The Morgan fingerprint density at radius 3 is 2.77 bits per heavy atom. The summed E-state index contributed by atoms with van der Waals surface area (Å²) in [5.74, 6) is -0.478. The molecule has 1 fully saturated rings. The van der Waals surface area contributed by atoms with Crippen LogP contribution in [0.1, 0.15) is 62.4 Å². The van der Waals surface area contributed by atoms with Crippen molar-refractivity contribution in [1.82, 2.24) is 29.5 Å². The molecule has 1 saturated carbocycles. The van der Waals surface area contributed by atoms with Gasteiger partial charge in [-0.1, -0.05) is 19.3 Å². The summed E-state index contributed by atoms with van der Waals surface area (Å²) in [5.41, 5.74) is 0.740. The van der Waals surface area contributed by atoms with Crippen LogP contribution in [-0.4, -0.2) is 49.2 Å². The van der Waals surface area contributed by atoms with Gasteiger partial charge in [0.25, 0.3) is 11.9 Å². The molecule has 4 rings (SSSR count). The van der Waals surface area contributed by atoms with Gasteiger partial charge in [0.2, 0.25) is 5.88 Å². The fraction of sp³-hybridized carbons (Fsp3) is 0.550. The SMILES string of the molecule is CCOC(=O)c1cnn(-c2nc(OC)c3c(n2)c(F)nn3[C@H](C)C2CCCCC2)c1. The minimum Gasteiger partial charge on any atom is -0.479 e. The highest BCUT2D eigenvalue weighted by Gasteiger charge is 2.28. The number of hydrogen-bond acceptors (Lipinski definition) is 7. The van der Waals surface area contributed by atoms with Crippen molar-refractivity contribution in [2.45, 2.75) is 52.0 Å². The third-order valence-electron chi connectivity index (χ3n) is 5.67. The molecule has 10 heteroatoms. The smallest absolute Gasteiger partial charge is 0.341 e. The molecule has 160 valence electrons. The lowest BCUT2D eigenvalue weighted by Gasteiger charge is -2.28. The molecule has 1 aliphatic carbocycles. The minimum absolute atomic E-state index is 0.000713. The highest BCUT2D eigenvalue weighted by atomic mass is 19.1. The van der Waals surface area contributed by atoms with Crippen LogP contribution in [-0.2, 0) is 4.74 Å². The van der Waals surface area contributed by atoms with E-state index >= 15 is 0 Å². The van der Waals surface area contributed by atoms with E-state index in [1.54, 1.807) is 11.6 Å². The average molecular weight is 416 g/mol. The molecule has 0 unspecified atom stereocenters. The normalized spacial score (nSPS) is 16.0. The van der Waals surface area contributed by atoms with Gasteiger partial charge in [-0.3, -0.25) is 4.68 Å². The number of esters is 1. The van der Waals surface area contributed by atoms with Crippen LogP contribution in [0.25, 0.3) is 17.0 Å². The van der Waals surface area contributed by atoms with Crippen LogP contribution >= 0.6 is 0 Å². The molecule has 0 bridgehead atoms. The molecule has 0 radical (unpaired) electrons. The van der Waals surface area contributed by atoms with Gasteiger partial charge in [0.1, 0.15) is 0 Å². The molecule has 0 spiro atoms. The van der Waals surface area contributed by atoms with E-state index in [2.05, 4.69) is 20.2 Å². The Kier molecular flexibility index (Phi) is 5.65. The largest absolute Gasteiger partial charge is 0.479 e. The zero-order valence-corrected chi connectivity index (χ0v) is 17.3. The second kappa shape index (κ2) is 8.37. The lowest BCUT2D eigenvalue weighted by molar-refractivity contribution is 0.0526. The molecule has 1 aliphatic rings. The van der Waals surface area contributed by atoms with Gasteiger partial charge in [0.05, 0.1) is 31.5 Å². The van der Waals surface area contributed by atoms with Crippen molar-refractivity contribution < 1.29 is 18.7 Å². The number of rotatable bonds is 6. The zero-order chi connectivity index (χ0) is 21.3. The number of hydrogen-bond donors (Lipinski definition) is 0. The van der Waals surface area contributed by atoms with Crippen LogP contribution in [0.4, 0.5) is 4.39 Å². The Hall–Kier alpha value is -3.04. The fourth-order valence-corrected chi connectivity index (χ4v) is 4.07. The predicted octanol–water partition coefficient (Wildman–Crippen LogP) is 3.48. The lowest BCUT2D eigenvalue weighted by atomic mass is 9.84. The second-order valence-corrected chi connectivity index (χ2v) is 7.50. The molecule has 30 heavy (non-hydrogen) atoms. The molecule has 0 aliphatic heterocycles. The molecular weight excluding hydrogens is 391 g/mol. The summed E-state index contributed by atoms with van der Waals surface area (Å²) < 4.78 is 28.2. The Labute approximate surface area is 173 Å². The van der Waals surface area contributed by atoms with Gasteiger partial charge < -0.3 is 9.47 Å². The molecule has 3 aromatic rings. The molecule has 0 N–H and O–H groups in total. The summed E-state index contributed by atoms with van der Waals surface area (Å²) in [4.78, 5) is 20.6. The first kappa shape index (κ1) is 20.2. The Bertz CT molecular complexity index is 1060. The van der Waals surface area contributed by atoms with Crippen molar-refractivity contribution in [3.63, 3.8) is 0 Å². The molecule has 3 aromatic heterocycles. The topological polar surface area (TPSA) is 96.9 Å². The maximum Gasteiger partial charge on any atom is 0.341 e. The first-order chi connectivity index (χ1) is 14.5. The fourth-order valence-electron chi connectivity index (χ4n) is 4.07. The third kappa shape index (κ3) is 3.61. The van der Waals surface area contributed by atoms with E-state index in [0.29, 0.717) is 11.4 Å². The van der Waals surface area contributed by atoms with E-state index < -0.39 is 11.9 Å². The first-order valence-corrected chi connectivity index (χ1v) is 10.2. The van der Waals surface area contributed by atoms with Gasteiger partial charge in [-0.25, -0.2) is 14.5 Å². The number of fused-ring (bicyclic) bond motifs is 1. The maximum absolute atomic E-state index is 14.8. The van der Waals surface area contributed by atoms with Crippen molar-refractivity contribution in [3.8, 4) is 11.8 Å². The van der Waals surface area contributed by atoms with E-state index in [0.717, 1.165) is 12.8 Å². The summed E-state index contributed by atoms with van der Waals surface area (Å²) in [6.07, 6.45) is 8.57. The first-order valence-electron chi connectivity index (χ1n) is 10.2. The third-order valence-corrected chi connectivity index (χ3v) is 5.67. The molecular formula is C20H25FN6O3. The second-order valence-electron chi connectivity index (χ2n) is 7.50. The van der Waals surface area contributed by atoms with Crippen LogP contribution in [0.5, 0.6) is 5.88 Å². The predicted molar refractivity (Wildman–Crippen MR) is 106 cm³/mol. The van der Waals surface area contributed by atoms with Crippen molar-refractivity contribution in [2.75, 3.05) is 13.7 Å². The van der Waals surface area contributed by atoms with Crippen molar-refractivity contribution in [2.24, 2.45) is 5.92 Å². The van der Waals surface area contributed by atoms with E-state index in [1.807, 2.05) is 6.92 Å². The van der Waals surface area contributed by atoms with E-state index in [-0.39, 0.29) is 35.6 Å². The molecule has 0 saturated heterocycles. The monoisotopic (exact) mass is 416 g/mol. The van der Waals surface area contributed by atoms with E-state index in [4.69, 9.17) is 9.47 Å². The highest BCUT2D eigenvalue weighted by Crippen LogP contribution is 2.36. The highest BCUT2D eigenvalue weighted by molar-refractivity contribution is 5.88. The molecule has 0 aromatic carbocycles. The van der Waals surface area contributed by atoms with Gasteiger partial charge in [-0.2, -0.15) is 14.5 Å². The Balaban J connectivity index is 1.75. The summed E-state index contributed by atoms with van der Waals surface area (Å²) in [7, 11) is 1.47. The summed E-state index contributed by atoms with van der Waals surface area (Å²) >= 11 is 0.